The molecule has 0 saturated carbocycles. The average Bonchev–Trinajstić information content (AvgIpc) is 2.89. The summed E-state index contributed by atoms with van der Waals surface area (Å²) in [5, 5.41) is 9.62. The molecule has 1 atom stereocenters. The molecule has 4 aromatic rings. The number of rotatable bonds is 10. The van der Waals surface area contributed by atoms with E-state index in [-0.39, 0.29) is 0 Å². The minimum absolute atomic E-state index is 0.301. The maximum atomic E-state index is 9.62. The number of aliphatic hydroxyl groups excluding tert-OH is 1. The second-order valence-electron chi connectivity index (χ2n) is 7.52. The fourth-order valence-corrected chi connectivity index (χ4v) is 3.25. The lowest BCUT2D eigenvalue weighted by Gasteiger charge is -2.13. The molecule has 0 spiro atoms. The van der Waals surface area contributed by atoms with E-state index in [1.54, 1.807) is 0 Å². The summed E-state index contributed by atoms with van der Waals surface area (Å²) in [6.45, 7) is 2.96. The van der Waals surface area contributed by atoms with Crippen LogP contribution >= 0.6 is 0 Å². The topological polar surface area (TPSA) is 77.4 Å². The first kappa shape index (κ1) is 22.6. The van der Waals surface area contributed by atoms with E-state index >= 15 is 0 Å². The van der Waals surface area contributed by atoms with Crippen molar-refractivity contribution in [1.82, 2.24) is 15.0 Å². The zero-order valence-electron chi connectivity index (χ0n) is 18.6. The number of aliphatic hydroxyl groups is 1. The van der Waals surface area contributed by atoms with Crippen LogP contribution in [-0.4, -0.2) is 46.0 Å². The Bertz CT molecular complexity index is 1100. The number of ether oxygens (including phenoxy) is 2. The summed E-state index contributed by atoms with van der Waals surface area (Å²) in [5.41, 5.74) is 2.61. The number of nitrogens with zero attached hydrogens (tertiary/aromatic N) is 3. The van der Waals surface area contributed by atoms with E-state index in [9.17, 15) is 5.11 Å². The molecule has 33 heavy (non-hydrogen) atoms. The zero-order valence-corrected chi connectivity index (χ0v) is 18.6. The Morgan fingerprint density at radius 2 is 1.24 bits per heavy atom. The van der Waals surface area contributed by atoms with Crippen molar-refractivity contribution in [1.29, 1.82) is 0 Å². The highest BCUT2D eigenvalue weighted by molar-refractivity contribution is 5.69. The van der Waals surface area contributed by atoms with Crippen LogP contribution in [-0.2, 0) is 4.74 Å². The fourth-order valence-electron chi connectivity index (χ4n) is 3.25. The van der Waals surface area contributed by atoms with E-state index in [2.05, 4.69) is 0 Å². The summed E-state index contributed by atoms with van der Waals surface area (Å²) in [4.78, 5) is 14.3. The predicted octanol–water partition coefficient (Wildman–Crippen LogP) is 5.04. The van der Waals surface area contributed by atoms with Gasteiger partial charge in [-0.25, -0.2) is 15.0 Å². The molecule has 0 bridgehead atoms. The molecule has 0 aliphatic carbocycles. The van der Waals surface area contributed by atoms with Crippen molar-refractivity contribution in [3.63, 3.8) is 0 Å². The average molecular weight is 442 g/mol. The quantitative estimate of drug-likeness (QED) is 0.348. The summed E-state index contributed by atoms with van der Waals surface area (Å²) in [5.74, 6) is 2.42. The van der Waals surface area contributed by atoms with Crippen molar-refractivity contribution in [2.24, 2.45) is 0 Å². The standard InChI is InChI=1S/C27H27N3O3/c1-2-22(31)19-32-17-18-33-24-16-10-9-15-23(24)27-29-25(20-11-5-3-6-12-20)28-26(30-27)21-13-7-4-8-14-21/h3-16,22,31H,2,17-19H2,1H3. The third kappa shape index (κ3) is 6.00. The molecule has 0 aliphatic heterocycles. The SMILES string of the molecule is CCC(O)COCCOc1ccccc1-c1nc(-c2ccccc2)nc(-c2ccccc2)n1. The zero-order chi connectivity index (χ0) is 22.9. The number of para-hydroxylation sites is 1. The van der Waals surface area contributed by atoms with Crippen LogP contribution in [0.3, 0.4) is 0 Å². The molecule has 1 heterocycles. The summed E-state index contributed by atoms with van der Waals surface area (Å²) in [7, 11) is 0. The van der Waals surface area contributed by atoms with Gasteiger partial charge in [-0.1, -0.05) is 79.7 Å². The summed E-state index contributed by atoms with van der Waals surface area (Å²) in [6, 6.07) is 27.4. The lowest BCUT2D eigenvalue weighted by molar-refractivity contribution is 0.0234. The lowest BCUT2D eigenvalue weighted by atomic mass is 10.1. The molecule has 1 aromatic heterocycles. The maximum absolute atomic E-state index is 9.62. The van der Waals surface area contributed by atoms with Gasteiger partial charge in [-0.05, 0) is 18.6 Å². The van der Waals surface area contributed by atoms with Crippen molar-refractivity contribution in [3.8, 4) is 39.9 Å². The molecule has 0 radical (unpaired) electrons. The summed E-state index contributed by atoms with van der Waals surface area (Å²) < 4.78 is 11.5. The van der Waals surface area contributed by atoms with Gasteiger partial charge in [0.2, 0.25) is 0 Å². The molecule has 1 N–H and O–H groups in total. The molecular weight excluding hydrogens is 414 g/mol. The van der Waals surface area contributed by atoms with Gasteiger partial charge in [0.1, 0.15) is 12.4 Å². The van der Waals surface area contributed by atoms with Gasteiger partial charge in [-0.3, -0.25) is 0 Å². The van der Waals surface area contributed by atoms with Crippen LogP contribution in [0.5, 0.6) is 5.75 Å². The Morgan fingerprint density at radius 1 is 0.697 bits per heavy atom. The second kappa shape index (κ2) is 11.3. The molecule has 1 unspecified atom stereocenters. The monoisotopic (exact) mass is 441 g/mol. The van der Waals surface area contributed by atoms with E-state index in [0.717, 1.165) is 16.7 Å². The first-order valence-electron chi connectivity index (χ1n) is 11.1. The first-order valence-corrected chi connectivity index (χ1v) is 11.1. The van der Waals surface area contributed by atoms with Crippen molar-refractivity contribution < 1.29 is 14.6 Å². The Morgan fingerprint density at radius 3 is 1.85 bits per heavy atom. The largest absolute Gasteiger partial charge is 0.490 e. The smallest absolute Gasteiger partial charge is 0.167 e. The van der Waals surface area contributed by atoms with Gasteiger partial charge < -0.3 is 14.6 Å². The third-order valence-electron chi connectivity index (χ3n) is 5.09. The summed E-state index contributed by atoms with van der Waals surface area (Å²) in [6.07, 6.45) is 0.214. The van der Waals surface area contributed by atoms with Crippen molar-refractivity contribution >= 4 is 0 Å². The minimum atomic E-state index is -0.449. The molecule has 3 aromatic carbocycles. The minimum Gasteiger partial charge on any atom is -0.490 e. The van der Waals surface area contributed by atoms with Gasteiger partial charge in [-0.15, -0.1) is 0 Å². The molecule has 0 aliphatic rings. The number of benzene rings is 3. The van der Waals surface area contributed by atoms with Gasteiger partial charge in [0.25, 0.3) is 0 Å². The Hall–Kier alpha value is -3.61. The highest BCUT2D eigenvalue weighted by Gasteiger charge is 2.15. The number of hydrogen-bond acceptors (Lipinski definition) is 6. The fraction of sp³-hybridized carbons (Fsp3) is 0.222. The molecule has 168 valence electrons. The molecule has 0 fully saturated rings. The predicted molar refractivity (Wildman–Crippen MR) is 129 cm³/mol. The van der Waals surface area contributed by atoms with Crippen LogP contribution in [0.25, 0.3) is 34.2 Å². The lowest BCUT2D eigenvalue weighted by Crippen LogP contribution is -2.17. The number of hydrogen-bond donors (Lipinski definition) is 1. The van der Waals surface area contributed by atoms with E-state index in [4.69, 9.17) is 24.4 Å². The second-order valence-corrected chi connectivity index (χ2v) is 7.52. The van der Waals surface area contributed by atoms with Gasteiger partial charge >= 0.3 is 0 Å². The van der Waals surface area contributed by atoms with Crippen molar-refractivity contribution in [3.05, 3.63) is 84.9 Å². The van der Waals surface area contributed by atoms with Crippen LogP contribution in [0.1, 0.15) is 13.3 Å². The highest BCUT2D eigenvalue weighted by atomic mass is 16.5. The molecule has 0 saturated heterocycles. The maximum Gasteiger partial charge on any atom is 0.167 e. The van der Waals surface area contributed by atoms with Gasteiger partial charge in [0, 0.05) is 11.1 Å². The molecular formula is C27H27N3O3. The van der Waals surface area contributed by atoms with E-state index in [1.165, 1.54) is 0 Å². The third-order valence-corrected chi connectivity index (χ3v) is 5.09. The van der Waals surface area contributed by atoms with Crippen LogP contribution < -0.4 is 4.74 Å². The van der Waals surface area contributed by atoms with E-state index in [1.807, 2.05) is 91.9 Å². The van der Waals surface area contributed by atoms with Gasteiger partial charge in [0.15, 0.2) is 17.5 Å². The Labute approximate surface area is 193 Å². The molecule has 6 heteroatoms. The normalized spacial score (nSPS) is 11.8. The van der Waals surface area contributed by atoms with Crippen LogP contribution in [0.15, 0.2) is 84.9 Å². The van der Waals surface area contributed by atoms with Crippen LogP contribution in [0, 0.1) is 0 Å². The van der Waals surface area contributed by atoms with Crippen molar-refractivity contribution in [2.45, 2.75) is 19.4 Å². The first-order chi connectivity index (χ1) is 16.2. The molecule has 4 rings (SSSR count). The van der Waals surface area contributed by atoms with Crippen molar-refractivity contribution in [2.75, 3.05) is 19.8 Å². The summed E-state index contributed by atoms with van der Waals surface area (Å²) >= 11 is 0. The Balaban J connectivity index is 1.64. The van der Waals surface area contributed by atoms with Gasteiger partial charge in [0.05, 0.1) is 24.9 Å². The highest BCUT2D eigenvalue weighted by Crippen LogP contribution is 2.30. The molecule has 0 amide bonds. The van der Waals surface area contributed by atoms with Gasteiger partial charge in [-0.2, -0.15) is 0 Å². The Kier molecular flexibility index (Phi) is 7.74. The van der Waals surface area contributed by atoms with Crippen LogP contribution in [0.4, 0.5) is 0 Å². The number of aromatic nitrogens is 3. The van der Waals surface area contributed by atoms with Crippen LogP contribution in [0.2, 0.25) is 0 Å². The van der Waals surface area contributed by atoms with E-state index in [0.29, 0.717) is 49.5 Å². The van der Waals surface area contributed by atoms with E-state index < -0.39 is 6.10 Å². The molecule has 6 nitrogen and oxygen atoms in total.